The van der Waals surface area contributed by atoms with Crippen molar-refractivity contribution >= 4 is 10.0 Å². The molecule has 0 aliphatic heterocycles. The lowest BCUT2D eigenvalue weighted by atomic mass is 10.2. The molecule has 0 aromatic heterocycles. The largest absolute Gasteiger partial charge is 0.378 e. The van der Waals surface area contributed by atoms with E-state index in [-0.39, 0.29) is 18.0 Å². The highest BCUT2D eigenvalue weighted by atomic mass is 32.2. The number of rotatable bonds is 13. The van der Waals surface area contributed by atoms with Crippen molar-refractivity contribution in [1.29, 1.82) is 0 Å². The van der Waals surface area contributed by atoms with Gasteiger partial charge in [0, 0.05) is 13.1 Å². The average Bonchev–Trinajstić information content (AvgIpc) is 2.52. The van der Waals surface area contributed by atoms with E-state index in [1.807, 2.05) is 13.0 Å². The third-order valence-electron chi connectivity index (χ3n) is 2.84. The van der Waals surface area contributed by atoms with Crippen LogP contribution in [0.5, 0.6) is 0 Å². The summed E-state index contributed by atoms with van der Waals surface area (Å²) in [5, 5.41) is 0. The predicted molar refractivity (Wildman–Crippen MR) is 87.9 cm³/mol. The lowest BCUT2D eigenvalue weighted by Crippen LogP contribution is -2.28. The van der Waals surface area contributed by atoms with Crippen LogP contribution in [0, 0.1) is 6.92 Å². The first-order valence-electron chi connectivity index (χ1n) is 7.56. The summed E-state index contributed by atoms with van der Waals surface area (Å²) in [5.74, 6) is 0. The quantitative estimate of drug-likeness (QED) is 0.498. The number of nitrogens with one attached hydrogen (secondary N) is 1. The molecule has 0 spiro atoms. The molecule has 0 unspecified atom stereocenters. The second-order valence-corrected chi connectivity index (χ2v) is 6.61. The Bertz CT molecular complexity index is 536. The molecule has 0 fully saturated rings. The van der Waals surface area contributed by atoms with Crippen molar-refractivity contribution in [2.75, 3.05) is 52.7 Å². The number of sulfonamides is 1. The van der Waals surface area contributed by atoms with Crippen LogP contribution in [0.25, 0.3) is 0 Å². The van der Waals surface area contributed by atoms with E-state index in [2.05, 4.69) is 4.72 Å². The first-order valence-corrected chi connectivity index (χ1v) is 9.04. The summed E-state index contributed by atoms with van der Waals surface area (Å²) in [5.41, 5.74) is 6.18. The zero-order valence-electron chi connectivity index (χ0n) is 13.5. The van der Waals surface area contributed by atoms with Crippen LogP contribution < -0.4 is 10.5 Å². The summed E-state index contributed by atoms with van der Waals surface area (Å²) >= 11 is 0. The van der Waals surface area contributed by atoms with E-state index >= 15 is 0 Å². The highest BCUT2D eigenvalue weighted by Crippen LogP contribution is 2.10. The van der Waals surface area contributed by atoms with Gasteiger partial charge in [0.1, 0.15) is 0 Å². The second kappa shape index (κ2) is 11.5. The number of hydrogen-bond donors (Lipinski definition) is 2. The monoisotopic (exact) mass is 346 g/mol. The van der Waals surface area contributed by atoms with Crippen LogP contribution in [0.15, 0.2) is 29.2 Å². The van der Waals surface area contributed by atoms with E-state index in [9.17, 15) is 8.42 Å². The zero-order chi connectivity index (χ0) is 17.0. The molecule has 7 nitrogen and oxygen atoms in total. The second-order valence-electron chi connectivity index (χ2n) is 4.84. The molecular weight excluding hydrogens is 320 g/mol. The molecule has 0 aliphatic carbocycles. The van der Waals surface area contributed by atoms with Gasteiger partial charge in [0.2, 0.25) is 10.0 Å². The highest BCUT2D eigenvalue weighted by Gasteiger charge is 2.12. The standard InChI is InChI=1S/C15H26N2O5S/c1-14-3-2-4-15(13-14)23(18,19)17-6-8-21-10-12-22-11-9-20-7-5-16/h2-4,13,17H,5-12,16H2,1H3. The number of aryl methyl sites for hydroxylation is 1. The maximum absolute atomic E-state index is 12.0. The Morgan fingerprint density at radius 3 is 2.22 bits per heavy atom. The molecule has 0 saturated carbocycles. The Balaban J connectivity index is 2.06. The van der Waals surface area contributed by atoms with Crippen molar-refractivity contribution in [3.63, 3.8) is 0 Å². The van der Waals surface area contributed by atoms with Crippen molar-refractivity contribution in [3.8, 4) is 0 Å². The summed E-state index contributed by atoms with van der Waals surface area (Å²) in [4.78, 5) is 0.262. The molecule has 0 bridgehead atoms. The summed E-state index contributed by atoms with van der Waals surface area (Å²) in [6, 6.07) is 6.76. The normalized spacial score (nSPS) is 11.7. The molecule has 0 atom stereocenters. The van der Waals surface area contributed by atoms with Gasteiger partial charge in [-0.2, -0.15) is 0 Å². The molecule has 1 aromatic rings. The fourth-order valence-electron chi connectivity index (χ4n) is 1.74. The van der Waals surface area contributed by atoms with Gasteiger partial charge in [-0.25, -0.2) is 13.1 Å². The summed E-state index contributed by atoms with van der Waals surface area (Å²) in [7, 11) is -3.48. The zero-order valence-corrected chi connectivity index (χ0v) is 14.3. The van der Waals surface area contributed by atoms with Gasteiger partial charge >= 0.3 is 0 Å². The fourth-order valence-corrected chi connectivity index (χ4v) is 2.86. The van der Waals surface area contributed by atoms with Crippen LogP contribution in [-0.2, 0) is 24.2 Å². The van der Waals surface area contributed by atoms with Gasteiger partial charge in [-0.05, 0) is 24.6 Å². The van der Waals surface area contributed by atoms with Gasteiger partial charge in [-0.15, -0.1) is 0 Å². The molecule has 1 aromatic carbocycles. The topological polar surface area (TPSA) is 99.9 Å². The third kappa shape index (κ3) is 8.99. The molecule has 1 rings (SSSR count). The Labute approximate surface area is 138 Å². The average molecular weight is 346 g/mol. The maximum atomic E-state index is 12.0. The predicted octanol–water partition coefficient (Wildman–Crippen LogP) is 0.282. The molecule has 0 heterocycles. The van der Waals surface area contributed by atoms with E-state index in [0.717, 1.165) is 5.56 Å². The van der Waals surface area contributed by atoms with Crippen molar-refractivity contribution in [1.82, 2.24) is 4.72 Å². The Hall–Kier alpha value is -1.03. The summed E-state index contributed by atoms with van der Waals surface area (Å²) in [6.45, 7) is 5.23. The SMILES string of the molecule is Cc1cccc(S(=O)(=O)NCCOCCOCCOCCN)c1. The Morgan fingerprint density at radius 2 is 1.61 bits per heavy atom. The number of benzene rings is 1. The maximum Gasteiger partial charge on any atom is 0.240 e. The van der Waals surface area contributed by atoms with Crippen molar-refractivity contribution in [3.05, 3.63) is 29.8 Å². The van der Waals surface area contributed by atoms with E-state index < -0.39 is 10.0 Å². The minimum Gasteiger partial charge on any atom is -0.378 e. The van der Waals surface area contributed by atoms with E-state index in [1.54, 1.807) is 18.2 Å². The van der Waals surface area contributed by atoms with Crippen LogP contribution in [0.4, 0.5) is 0 Å². The van der Waals surface area contributed by atoms with Crippen LogP contribution in [0.1, 0.15) is 5.56 Å². The Kier molecular flexibility index (Phi) is 10.0. The van der Waals surface area contributed by atoms with Crippen molar-refractivity contribution in [2.24, 2.45) is 5.73 Å². The van der Waals surface area contributed by atoms with Crippen LogP contribution >= 0.6 is 0 Å². The molecule has 0 radical (unpaired) electrons. The van der Waals surface area contributed by atoms with Crippen molar-refractivity contribution < 1.29 is 22.6 Å². The third-order valence-corrected chi connectivity index (χ3v) is 4.30. The van der Waals surface area contributed by atoms with Gasteiger partial charge < -0.3 is 19.9 Å². The molecule has 8 heteroatoms. The van der Waals surface area contributed by atoms with Gasteiger partial charge in [-0.3, -0.25) is 0 Å². The van der Waals surface area contributed by atoms with Gasteiger partial charge in [0.05, 0.1) is 44.5 Å². The molecule has 132 valence electrons. The minimum absolute atomic E-state index is 0.218. The first kappa shape index (κ1) is 20.0. The van der Waals surface area contributed by atoms with Crippen LogP contribution in [0.2, 0.25) is 0 Å². The highest BCUT2D eigenvalue weighted by molar-refractivity contribution is 7.89. The molecule has 0 aliphatic rings. The van der Waals surface area contributed by atoms with Crippen LogP contribution in [-0.4, -0.2) is 61.1 Å². The molecule has 23 heavy (non-hydrogen) atoms. The molecular formula is C15H26N2O5S. The minimum atomic E-state index is -3.48. The molecule has 0 saturated heterocycles. The number of nitrogens with two attached hydrogens (primary N) is 1. The fraction of sp³-hybridized carbons (Fsp3) is 0.600. The molecule has 3 N–H and O–H groups in total. The number of hydrogen-bond acceptors (Lipinski definition) is 6. The van der Waals surface area contributed by atoms with Gasteiger partial charge in [0.25, 0.3) is 0 Å². The summed E-state index contributed by atoms with van der Waals surface area (Å²) in [6.07, 6.45) is 0. The van der Waals surface area contributed by atoms with E-state index in [4.69, 9.17) is 19.9 Å². The number of ether oxygens (including phenoxy) is 3. The first-order chi connectivity index (χ1) is 11.1. The van der Waals surface area contributed by atoms with E-state index in [0.29, 0.717) is 39.6 Å². The lowest BCUT2D eigenvalue weighted by molar-refractivity contribution is 0.0171. The van der Waals surface area contributed by atoms with Crippen LogP contribution in [0.3, 0.4) is 0 Å². The smallest absolute Gasteiger partial charge is 0.240 e. The van der Waals surface area contributed by atoms with Gasteiger partial charge in [-0.1, -0.05) is 12.1 Å². The van der Waals surface area contributed by atoms with Crippen molar-refractivity contribution in [2.45, 2.75) is 11.8 Å². The Morgan fingerprint density at radius 1 is 1.00 bits per heavy atom. The van der Waals surface area contributed by atoms with E-state index in [1.165, 1.54) is 0 Å². The lowest BCUT2D eigenvalue weighted by Gasteiger charge is -2.08. The summed E-state index contributed by atoms with van der Waals surface area (Å²) < 4.78 is 42.3. The van der Waals surface area contributed by atoms with Gasteiger partial charge in [0.15, 0.2) is 0 Å². The molecule has 0 amide bonds.